The first kappa shape index (κ1) is 15.7. The highest BCUT2D eigenvalue weighted by Gasteiger charge is 2.25. The van der Waals surface area contributed by atoms with Crippen molar-refractivity contribution in [3.05, 3.63) is 0 Å². The molecular formula is C10H20F3NO2. The molecule has 0 atom stereocenters. The second-order valence-corrected chi connectivity index (χ2v) is 3.43. The average molecular weight is 243 g/mol. The normalized spacial score (nSPS) is 12.0. The van der Waals surface area contributed by atoms with Gasteiger partial charge in [0, 0.05) is 33.3 Å². The fourth-order valence-corrected chi connectivity index (χ4v) is 1.09. The van der Waals surface area contributed by atoms with Crippen molar-refractivity contribution in [3.63, 3.8) is 0 Å². The van der Waals surface area contributed by atoms with Gasteiger partial charge in [0.25, 0.3) is 0 Å². The minimum absolute atomic E-state index is 0.118. The zero-order chi connectivity index (χ0) is 12.3. The maximum atomic E-state index is 11.7. The van der Waals surface area contributed by atoms with Gasteiger partial charge < -0.3 is 14.8 Å². The summed E-state index contributed by atoms with van der Waals surface area (Å²) < 4.78 is 45.3. The highest BCUT2D eigenvalue weighted by Crippen LogP contribution is 2.20. The number of rotatable bonds is 10. The van der Waals surface area contributed by atoms with Crippen molar-refractivity contribution < 1.29 is 22.6 Å². The van der Waals surface area contributed by atoms with E-state index in [1.165, 1.54) is 0 Å². The largest absolute Gasteiger partial charge is 0.389 e. The SMILES string of the molecule is COCCCOCCNCCCC(F)(F)F. The maximum Gasteiger partial charge on any atom is 0.389 e. The zero-order valence-corrected chi connectivity index (χ0v) is 9.61. The summed E-state index contributed by atoms with van der Waals surface area (Å²) in [7, 11) is 1.63. The lowest BCUT2D eigenvalue weighted by Crippen LogP contribution is -2.22. The minimum Gasteiger partial charge on any atom is -0.385 e. The van der Waals surface area contributed by atoms with Crippen LogP contribution in [0.25, 0.3) is 0 Å². The molecule has 0 aliphatic rings. The number of hydrogen-bond donors (Lipinski definition) is 1. The third kappa shape index (κ3) is 13.7. The maximum absolute atomic E-state index is 11.7. The van der Waals surface area contributed by atoms with E-state index in [0.717, 1.165) is 6.42 Å². The van der Waals surface area contributed by atoms with Crippen LogP contribution >= 0.6 is 0 Å². The van der Waals surface area contributed by atoms with Gasteiger partial charge in [-0.15, -0.1) is 0 Å². The Balaban J connectivity index is 2.99. The van der Waals surface area contributed by atoms with Crippen LogP contribution in [0.15, 0.2) is 0 Å². The van der Waals surface area contributed by atoms with E-state index in [1.54, 1.807) is 7.11 Å². The van der Waals surface area contributed by atoms with Crippen LogP contribution < -0.4 is 5.32 Å². The summed E-state index contributed by atoms with van der Waals surface area (Å²) in [6.07, 6.45) is -3.81. The van der Waals surface area contributed by atoms with Crippen LogP contribution in [-0.2, 0) is 9.47 Å². The van der Waals surface area contributed by atoms with E-state index in [-0.39, 0.29) is 6.42 Å². The predicted octanol–water partition coefficient (Wildman–Crippen LogP) is 1.97. The van der Waals surface area contributed by atoms with Crippen molar-refractivity contribution in [2.24, 2.45) is 0 Å². The summed E-state index contributed by atoms with van der Waals surface area (Å²) in [5.74, 6) is 0. The van der Waals surface area contributed by atoms with Gasteiger partial charge in [-0.05, 0) is 19.4 Å². The summed E-state index contributed by atoms with van der Waals surface area (Å²) in [5.41, 5.74) is 0. The third-order valence-electron chi connectivity index (χ3n) is 1.87. The number of nitrogens with one attached hydrogen (secondary N) is 1. The Morgan fingerprint density at radius 2 is 1.75 bits per heavy atom. The molecule has 0 spiro atoms. The van der Waals surface area contributed by atoms with Crippen molar-refractivity contribution in [1.29, 1.82) is 0 Å². The van der Waals surface area contributed by atoms with Crippen molar-refractivity contribution in [3.8, 4) is 0 Å². The third-order valence-corrected chi connectivity index (χ3v) is 1.87. The molecule has 0 aliphatic heterocycles. The number of halogens is 3. The standard InChI is InChI=1S/C10H20F3NO2/c1-15-7-3-8-16-9-6-14-5-2-4-10(11,12)13/h14H,2-9H2,1H3. The molecule has 0 aromatic rings. The molecule has 0 heterocycles. The van der Waals surface area contributed by atoms with Gasteiger partial charge in [0.15, 0.2) is 0 Å². The van der Waals surface area contributed by atoms with Crippen molar-refractivity contribution >= 4 is 0 Å². The second-order valence-electron chi connectivity index (χ2n) is 3.43. The van der Waals surface area contributed by atoms with Crippen LogP contribution in [0.3, 0.4) is 0 Å². The van der Waals surface area contributed by atoms with E-state index in [9.17, 15) is 13.2 Å². The minimum atomic E-state index is -4.04. The molecule has 0 radical (unpaired) electrons. The Hall–Kier alpha value is -0.330. The lowest BCUT2D eigenvalue weighted by Gasteiger charge is -2.07. The number of hydrogen-bond acceptors (Lipinski definition) is 3. The van der Waals surface area contributed by atoms with Crippen molar-refractivity contribution in [2.45, 2.75) is 25.4 Å². The number of ether oxygens (including phenoxy) is 2. The van der Waals surface area contributed by atoms with Gasteiger partial charge in [-0.1, -0.05) is 0 Å². The second kappa shape index (κ2) is 9.86. The first-order chi connectivity index (χ1) is 7.56. The Morgan fingerprint density at radius 1 is 1.00 bits per heavy atom. The van der Waals surface area contributed by atoms with Crippen molar-refractivity contribution in [1.82, 2.24) is 5.32 Å². The summed E-state index contributed by atoms with van der Waals surface area (Å²) in [6, 6.07) is 0. The highest BCUT2D eigenvalue weighted by atomic mass is 19.4. The molecule has 0 unspecified atom stereocenters. The molecular weight excluding hydrogens is 223 g/mol. The summed E-state index contributed by atoms with van der Waals surface area (Å²) in [5, 5.41) is 2.89. The molecule has 0 bridgehead atoms. The first-order valence-corrected chi connectivity index (χ1v) is 5.40. The molecule has 0 amide bonds. The Morgan fingerprint density at radius 3 is 2.38 bits per heavy atom. The van der Waals surface area contributed by atoms with E-state index in [2.05, 4.69) is 5.32 Å². The molecule has 0 saturated carbocycles. The number of methoxy groups -OCH3 is 1. The van der Waals surface area contributed by atoms with Crippen LogP contribution in [0.5, 0.6) is 0 Å². The Bertz CT molecular complexity index is 153. The van der Waals surface area contributed by atoms with E-state index in [4.69, 9.17) is 9.47 Å². The highest BCUT2D eigenvalue weighted by molar-refractivity contribution is 4.53. The van der Waals surface area contributed by atoms with Crippen LogP contribution in [0.4, 0.5) is 13.2 Å². The lowest BCUT2D eigenvalue weighted by molar-refractivity contribution is -0.135. The van der Waals surface area contributed by atoms with Gasteiger partial charge in [-0.2, -0.15) is 13.2 Å². The summed E-state index contributed by atoms with van der Waals surface area (Å²) >= 11 is 0. The average Bonchev–Trinajstić information content (AvgIpc) is 2.19. The molecule has 0 rings (SSSR count). The number of alkyl halides is 3. The van der Waals surface area contributed by atoms with Gasteiger partial charge >= 0.3 is 6.18 Å². The topological polar surface area (TPSA) is 30.5 Å². The summed E-state index contributed by atoms with van der Waals surface area (Å²) in [4.78, 5) is 0. The van der Waals surface area contributed by atoms with E-state index < -0.39 is 12.6 Å². The van der Waals surface area contributed by atoms with Gasteiger partial charge in [-0.3, -0.25) is 0 Å². The quantitative estimate of drug-likeness (QED) is 0.595. The monoisotopic (exact) mass is 243 g/mol. The van der Waals surface area contributed by atoms with Crippen LogP contribution in [-0.4, -0.2) is 46.2 Å². The smallest absolute Gasteiger partial charge is 0.385 e. The molecule has 98 valence electrons. The fraction of sp³-hybridized carbons (Fsp3) is 1.00. The van der Waals surface area contributed by atoms with Gasteiger partial charge in [-0.25, -0.2) is 0 Å². The lowest BCUT2D eigenvalue weighted by atomic mass is 10.3. The molecule has 0 aromatic heterocycles. The van der Waals surface area contributed by atoms with E-state index in [1.807, 2.05) is 0 Å². The molecule has 6 heteroatoms. The molecule has 3 nitrogen and oxygen atoms in total. The zero-order valence-electron chi connectivity index (χ0n) is 9.61. The van der Waals surface area contributed by atoms with Gasteiger partial charge in [0.05, 0.1) is 6.61 Å². The van der Waals surface area contributed by atoms with Gasteiger partial charge in [0.2, 0.25) is 0 Å². The molecule has 0 aromatic carbocycles. The van der Waals surface area contributed by atoms with Crippen LogP contribution in [0.2, 0.25) is 0 Å². The molecule has 0 fully saturated rings. The van der Waals surface area contributed by atoms with Crippen LogP contribution in [0, 0.1) is 0 Å². The predicted molar refractivity (Wildman–Crippen MR) is 55.5 cm³/mol. The van der Waals surface area contributed by atoms with E-state index >= 15 is 0 Å². The van der Waals surface area contributed by atoms with Crippen molar-refractivity contribution in [2.75, 3.05) is 40.0 Å². The Labute approximate surface area is 94.3 Å². The summed E-state index contributed by atoms with van der Waals surface area (Å²) in [6.45, 7) is 2.78. The molecule has 1 N–H and O–H groups in total. The van der Waals surface area contributed by atoms with Crippen LogP contribution in [0.1, 0.15) is 19.3 Å². The Kier molecular flexibility index (Phi) is 9.66. The van der Waals surface area contributed by atoms with E-state index in [0.29, 0.717) is 32.9 Å². The first-order valence-electron chi connectivity index (χ1n) is 5.40. The van der Waals surface area contributed by atoms with Gasteiger partial charge in [0.1, 0.15) is 0 Å². The fourth-order valence-electron chi connectivity index (χ4n) is 1.09. The molecule has 0 saturated heterocycles. The molecule has 0 aliphatic carbocycles. The molecule has 16 heavy (non-hydrogen) atoms.